The first-order valence-electron chi connectivity index (χ1n) is 11.8. The number of alkyl carbamates (subject to hydrolysis) is 1. The van der Waals surface area contributed by atoms with Gasteiger partial charge in [0.1, 0.15) is 12.6 Å². The van der Waals surface area contributed by atoms with Gasteiger partial charge < -0.3 is 25.2 Å². The molecule has 2 aromatic rings. The van der Waals surface area contributed by atoms with Crippen molar-refractivity contribution in [1.29, 1.82) is 0 Å². The minimum Gasteiger partial charge on any atom is -0.480 e. The van der Waals surface area contributed by atoms with Crippen LogP contribution >= 0.6 is 0 Å². The molecule has 0 saturated carbocycles. The van der Waals surface area contributed by atoms with Crippen molar-refractivity contribution < 1.29 is 29.0 Å². The molecule has 0 spiro atoms. The van der Waals surface area contributed by atoms with Crippen LogP contribution in [0, 0.1) is 5.92 Å². The van der Waals surface area contributed by atoms with Gasteiger partial charge in [0.15, 0.2) is 0 Å². The summed E-state index contributed by atoms with van der Waals surface area (Å²) < 4.78 is 11.2. The average molecular weight is 479 g/mol. The standard InChI is InChI=1S/C27H30N2O6/c1-2-7-24(26(31)32)28-25(30)14-17-15-34-13-12-23(17)29-27(33)35-16-22-20-10-5-3-8-18(20)19-9-4-6-11-21(19)22/h2-6,8-11,17,22-24H,1,7,12-16H2,(H,28,30)(H,29,33)(H,31,32). The predicted octanol–water partition coefficient (Wildman–Crippen LogP) is 3.47. The van der Waals surface area contributed by atoms with Gasteiger partial charge in [-0.15, -0.1) is 6.58 Å². The second kappa shape index (κ2) is 11.2. The van der Waals surface area contributed by atoms with Crippen molar-refractivity contribution in [3.8, 4) is 11.1 Å². The van der Waals surface area contributed by atoms with E-state index >= 15 is 0 Å². The van der Waals surface area contributed by atoms with Gasteiger partial charge in [0.2, 0.25) is 5.91 Å². The highest BCUT2D eigenvalue weighted by molar-refractivity contribution is 5.84. The quantitative estimate of drug-likeness (QED) is 0.476. The van der Waals surface area contributed by atoms with E-state index in [1.54, 1.807) is 0 Å². The van der Waals surface area contributed by atoms with Crippen LogP contribution in [0.25, 0.3) is 11.1 Å². The highest BCUT2D eigenvalue weighted by Crippen LogP contribution is 2.44. The van der Waals surface area contributed by atoms with Crippen LogP contribution in [0.5, 0.6) is 0 Å². The number of carboxylic acids is 1. The third kappa shape index (κ3) is 5.71. The summed E-state index contributed by atoms with van der Waals surface area (Å²) in [5, 5.41) is 14.6. The first-order chi connectivity index (χ1) is 17.0. The molecule has 2 aromatic carbocycles. The minimum absolute atomic E-state index is 0.0369. The zero-order chi connectivity index (χ0) is 24.8. The Labute approximate surface area is 204 Å². The summed E-state index contributed by atoms with van der Waals surface area (Å²) in [6, 6.07) is 14.9. The lowest BCUT2D eigenvalue weighted by Crippen LogP contribution is -2.48. The zero-order valence-corrected chi connectivity index (χ0v) is 19.4. The van der Waals surface area contributed by atoms with E-state index in [4.69, 9.17) is 9.47 Å². The normalized spacial score (nSPS) is 19.7. The Morgan fingerprint density at radius 2 is 1.77 bits per heavy atom. The molecular formula is C27H30N2O6. The van der Waals surface area contributed by atoms with Crippen LogP contribution in [0.2, 0.25) is 0 Å². The summed E-state index contributed by atoms with van der Waals surface area (Å²) in [7, 11) is 0. The molecular weight excluding hydrogens is 448 g/mol. The fourth-order valence-electron chi connectivity index (χ4n) is 4.86. The van der Waals surface area contributed by atoms with E-state index in [0.29, 0.717) is 19.6 Å². The molecule has 2 amide bonds. The smallest absolute Gasteiger partial charge is 0.407 e. The predicted molar refractivity (Wildman–Crippen MR) is 130 cm³/mol. The second-order valence-electron chi connectivity index (χ2n) is 8.89. The summed E-state index contributed by atoms with van der Waals surface area (Å²) in [5.41, 5.74) is 4.58. The van der Waals surface area contributed by atoms with Crippen molar-refractivity contribution >= 4 is 18.0 Å². The Kier molecular flexibility index (Phi) is 7.82. The highest BCUT2D eigenvalue weighted by Gasteiger charge is 2.32. The van der Waals surface area contributed by atoms with Gasteiger partial charge in [0.05, 0.1) is 6.61 Å². The van der Waals surface area contributed by atoms with Crippen molar-refractivity contribution in [2.75, 3.05) is 19.8 Å². The number of hydrogen-bond acceptors (Lipinski definition) is 5. The number of rotatable bonds is 9. The van der Waals surface area contributed by atoms with Crippen LogP contribution in [0.15, 0.2) is 61.2 Å². The summed E-state index contributed by atoms with van der Waals surface area (Å²) >= 11 is 0. The molecule has 1 fully saturated rings. The van der Waals surface area contributed by atoms with Gasteiger partial charge in [-0.05, 0) is 35.1 Å². The Hall–Kier alpha value is -3.65. The number of hydrogen-bond donors (Lipinski definition) is 3. The molecule has 4 rings (SSSR count). The van der Waals surface area contributed by atoms with E-state index in [-0.39, 0.29) is 37.3 Å². The van der Waals surface area contributed by atoms with E-state index in [9.17, 15) is 19.5 Å². The van der Waals surface area contributed by atoms with E-state index in [1.807, 2.05) is 24.3 Å². The van der Waals surface area contributed by atoms with Gasteiger partial charge in [0.25, 0.3) is 0 Å². The average Bonchev–Trinajstić information content (AvgIpc) is 3.17. The zero-order valence-electron chi connectivity index (χ0n) is 19.4. The summed E-state index contributed by atoms with van der Waals surface area (Å²) in [6.45, 7) is 4.48. The summed E-state index contributed by atoms with van der Waals surface area (Å²) in [4.78, 5) is 36.5. The number of carbonyl (C=O) groups is 3. The summed E-state index contributed by atoms with van der Waals surface area (Å²) in [6.07, 6.45) is 1.61. The summed E-state index contributed by atoms with van der Waals surface area (Å²) in [5.74, 6) is -1.86. The van der Waals surface area contributed by atoms with Gasteiger partial charge in [-0.1, -0.05) is 54.6 Å². The molecule has 3 atom stereocenters. The fourth-order valence-corrected chi connectivity index (χ4v) is 4.86. The SMILES string of the molecule is C=CCC(NC(=O)CC1COCCC1NC(=O)OCC1c2ccccc2-c2ccccc21)C(=O)O. The van der Waals surface area contributed by atoms with Crippen LogP contribution in [-0.2, 0) is 19.1 Å². The number of carbonyl (C=O) groups excluding carboxylic acids is 2. The molecule has 1 saturated heterocycles. The van der Waals surface area contributed by atoms with Gasteiger partial charge in [-0.3, -0.25) is 4.79 Å². The molecule has 1 aliphatic carbocycles. The molecule has 35 heavy (non-hydrogen) atoms. The van der Waals surface area contributed by atoms with E-state index < -0.39 is 24.0 Å². The number of amides is 2. The molecule has 0 bridgehead atoms. The van der Waals surface area contributed by atoms with Crippen LogP contribution < -0.4 is 10.6 Å². The van der Waals surface area contributed by atoms with Gasteiger partial charge >= 0.3 is 12.1 Å². The molecule has 0 aromatic heterocycles. The largest absolute Gasteiger partial charge is 0.480 e. The number of aliphatic carboxylic acids is 1. The van der Waals surface area contributed by atoms with Crippen LogP contribution in [0.3, 0.4) is 0 Å². The molecule has 2 aliphatic rings. The Balaban J connectivity index is 1.34. The van der Waals surface area contributed by atoms with Crippen molar-refractivity contribution in [2.24, 2.45) is 5.92 Å². The lowest BCUT2D eigenvalue weighted by atomic mass is 9.92. The monoisotopic (exact) mass is 478 g/mol. The highest BCUT2D eigenvalue weighted by atomic mass is 16.5. The van der Waals surface area contributed by atoms with Crippen LogP contribution in [0.1, 0.15) is 36.3 Å². The van der Waals surface area contributed by atoms with Crippen LogP contribution in [-0.4, -0.2) is 55.0 Å². The van der Waals surface area contributed by atoms with Crippen LogP contribution in [0.4, 0.5) is 4.79 Å². The number of nitrogens with one attached hydrogen (secondary N) is 2. The molecule has 1 heterocycles. The van der Waals surface area contributed by atoms with Crippen molar-refractivity contribution in [3.05, 3.63) is 72.3 Å². The number of benzene rings is 2. The van der Waals surface area contributed by atoms with Crippen molar-refractivity contribution in [2.45, 2.75) is 37.3 Å². The van der Waals surface area contributed by atoms with Gasteiger partial charge in [-0.2, -0.15) is 0 Å². The van der Waals surface area contributed by atoms with E-state index in [0.717, 1.165) is 22.3 Å². The fraction of sp³-hybridized carbons (Fsp3) is 0.370. The van der Waals surface area contributed by atoms with Gasteiger partial charge in [0, 0.05) is 30.9 Å². The lowest BCUT2D eigenvalue weighted by Gasteiger charge is -2.32. The van der Waals surface area contributed by atoms with Crippen molar-refractivity contribution in [3.63, 3.8) is 0 Å². The Bertz CT molecular complexity index is 1060. The van der Waals surface area contributed by atoms with Crippen molar-refractivity contribution in [1.82, 2.24) is 10.6 Å². The van der Waals surface area contributed by atoms with Gasteiger partial charge in [-0.25, -0.2) is 9.59 Å². The molecule has 1 aliphatic heterocycles. The lowest BCUT2D eigenvalue weighted by molar-refractivity contribution is -0.142. The number of ether oxygens (including phenoxy) is 2. The molecule has 8 nitrogen and oxygen atoms in total. The first-order valence-corrected chi connectivity index (χ1v) is 11.8. The maximum Gasteiger partial charge on any atom is 0.407 e. The third-order valence-electron chi connectivity index (χ3n) is 6.60. The maximum absolute atomic E-state index is 12.7. The molecule has 3 unspecified atom stereocenters. The van der Waals surface area contributed by atoms with E-state index in [1.165, 1.54) is 6.08 Å². The number of carboxylic acid groups (broad SMARTS) is 1. The number of fused-ring (bicyclic) bond motifs is 3. The first kappa shape index (κ1) is 24.5. The molecule has 3 N–H and O–H groups in total. The topological polar surface area (TPSA) is 114 Å². The minimum atomic E-state index is -1.12. The molecule has 184 valence electrons. The van der Waals surface area contributed by atoms with E-state index in [2.05, 4.69) is 41.5 Å². The second-order valence-corrected chi connectivity index (χ2v) is 8.89. The Morgan fingerprint density at radius 3 is 2.40 bits per heavy atom. The Morgan fingerprint density at radius 1 is 1.11 bits per heavy atom. The third-order valence-corrected chi connectivity index (χ3v) is 6.60. The molecule has 8 heteroatoms. The molecule has 0 radical (unpaired) electrons. The maximum atomic E-state index is 12.7.